The summed E-state index contributed by atoms with van der Waals surface area (Å²) in [7, 11) is 0. The summed E-state index contributed by atoms with van der Waals surface area (Å²) in [6, 6.07) is 40.7. The van der Waals surface area contributed by atoms with E-state index in [-0.39, 0.29) is 75.8 Å². The number of nitrogens with zero attached hydrogens (tertiary/aromatic N) is 1. The molecule has 27 heteroatoms. The Hall–Kier alpha value is -9.92. The molecule has 12 N–H and O–H groups in total. The van der Waals surface area contributed by atoms with Crippen molar-refractivity contribution in [3.63, 3.8) is 0 Å². The van der Waals surface area contributed by atoms with Gasteiger partial charge in [-0.25, -0.2) is 4.79 Å². The van der Waals surface area contributed by atoms with Gasteiger partial charge in [-0.3, -0.25) is 47.9 Å². The molecule has 0 aliphatic carbocycles. The van der Waals surface area contributed by atoms with Crippen molar-refractivity contribution in [3.05, 3.63) is 208 Å². The second-order valence-electron chi connectivity index (χ2n) is 25.8. The molecule has 104 heavy (non-hydrogen) atoms. The van der Waals surface area contributed by atoms with E-state index in [1.165, 1.54) is 16.7 Å². The maximum Gasteiger partial charge on any atom is 0.407 e. The van der Waals surface area contributed by atoms with Crippen molar-refractivity contribution in [2.45, 2.75) is 152 Å². The normalized spacial score (nSPS) is 14.2. The average molecular weight is 1480 g/mol. The first-order valence-corrected chi connectivity index (χ1v) is 37.4. The molecule has 0 saturated carbocycles. The number of carbonyl (C=O) groups is 11. The van der Waals surface area contributed by atoms with Gasteiger partial charge in [-0.15, -0.1) is 0 Å². The first kappa shape index (κ1) is 81.4. The third-order valence-corrected chi connectivity index (χ3v) is 19.4. The maximum atomic E-state index is 15.0. The van der Waals surface area contributed by atoms with Crippen LogP contribution in [0.3, 0.4) is 0 Å². The van der Waals surface area contributed by atoms with Crippen molar-refractivity contribution in [3.8, 4) is 5.75 Å². The van der Waals surface area contributed by atoms with Gasteiger partial charge in [-0.05, 0) is 97.4 Å². The molecule has 0 unspecified atom stereocenters. The van der Waals surface area contributed by atoms with Gasteiger partial charge in [0.15, 0.2) is 0 Å². The molecule has 11 amide bonds. The van der Waals surface area contributed by atoms with E-state index >= 15 is 0 Å². The van der Waals surface area contributed by atoms with Crippen LogP contribution in [0.25, 0.3) is 0 Å². The molecule has 1 saturated heterocycles. The van der Waals surface area contributed by atoms with E-state index in [2.05, 4.69) is 42.5 Å². The standard InChI is InChI=1S/C77H94ClN11O13S2/c1-50(2)40-61(85-73(96)63(41-52-18-7-4-8-19-52)86-72(95)62(83-69(92)36-39-103-47-56-30-28-51(3)29-31-56)42-53-32-34-58(35-33-53)101-45-54-20-9-5-10-21-54)71(94)87-64(43-67(79)90)74(97)88-65(49-104-48-55-22-11-6-12-23-55)76(99)89-38-17-27-66(89)75(98)84-60(70(93)82-44-68(80)91)26-15-16-37-81-77(100)102-46-57-24-13-14-25-59(57)78/h4-14,18-25,28-35,50,60-66H,15-17,26-27,36-49H2,1-3H3,(H2,79,90)(H2,80,91)(H,81,100)(H,82,93)(H,83,92)(H,84,98)(H,85,96)(H,86,95)(H,87,94)(H,88,97)/t60-,61-,62-,63-,64-,65-,66-/m0/s1. The number of nitrogens with one attached hydrogen (secondary N) is 8. The summed E-state index contributed by atoms with van der Waals surface area (Å²) in [5, 5.41) is 22.2. The molecule has 1 fully saturated rings. The van der Waals surface area contributed by atoms with Crippen molar-refractivity contribution >= 4 is 100 Å². The minimum absolute atomic E-state index is 0.00303. The van der Waals surface area contributed by atoms with Crippen LogP contribution in [0.2, 0.25) is 5.02 Å². The van der Waals surface area contributed by atoms with E-state index in [1.54, 1.807) is 104 Å². The molecular formula is C77H94ClN11O13S2. The molecule has 0 radical (unpaired) electrons. The van der Waals surface area contributed by atoms with Crippen molar-refractivity contribution in [1.29, 1.82) is 0 Å². The monoisotopic (exact) mass is 1480 g/mol. The molecular weight excluding hydrogens is 1390 g/mol. The molecule has 6 aromatic rings. The lowest BCUT2D eigenvalue weighted by Gasteiger charge is -2.31. The summed E-state index contributed by atoms with van der Waals surface area (Å²) < 4.78 is 11.3. The molecule has 554 valence electrons. The number of carbonyl (C=O) groups excluding carboxylic acids is 11. The zero-order valence-corrected chi connectivity index (χ0v) is 61.1. The molecule has 0 spiro atoms. The summed E-state index contributed by atoms with van der Waals surface area (Å²) in [6.07, 6.45) is -0.178. The second-order valence-corrected chi connectivity index (χ2v) is 28.3. The Morgan fingerprint density at radius 3 is 1.74 bits per heavy atom. The van der Waals surface area contributed by atoms with Crippen LogP contribution in [0.4, 0.5) is 4.79 Å². The number of amides is 11. The second kappa shape index (κ2) is 43.3. The average Bonchev–Trinajstić information content (AvgIpc) is 0.981. The Kier molecular flexibility index (Phi) is 33.8. The fourth-order valence-electron chi connectivity index (χ4n) is 11.3. The van der Waals surface area contributed by atoms with Crippen molar-refractivity contribution in [2.24, 2.45) is 17.4 Å². The fraction of sp³-hybridized carbons (Fsp3) is 0.390. The van der Waals surface area contributed by atoms with Gasteiger partial charge in [0.05, 0.1) is 13.0 Å². The first-order valence-electron chi connectivity index (χ1n) is 34.7. The van der Waals surface area contributed by atoms with E-state index in [4.69, 9.17) is 32.5 Å². The van der Waals surface area contributed by atoms with Crippen molar-refractivity contribution < 1.29 is 62.2 Å². The zero-order chi connectivity index (χ0) is 74.8. The molecule has 1 aliphatic rings. The highest BCUT2D eigenvalue weighted by Crippen LogP contribution is 2.24. The molecule has 1 aliphatic heterocycles. The number of primary amides is 2. The fourth-order valence-corrected chi connectivity index (χ4v) is 13.4. The van der Waals surface area contributed by atoms with Crippen LogP contribution in [-0.2, 0) is 90.2 Å². The van der Waals surface area contributed by atoms with E-state index in [9.17, 15) is 52.7 Å². The molecule has 7 atom stereocenters. The summed E-state index contributed by atoms with van der Waals surface area (Å²) in [6.45, 7) is 5.58. The molecule has 6 aromatic carbocycles. The van der Waals surface area contributed by atoms with Crippen LogP contribution in [0.15, 0.2) is 164 Å². The van der Waals surface area contributed by atoms with Gasteiger partial charge in [-0.2, -0.15) is 23.5 Å². The number of rotatable bonds is 42. The van der Waals surface area contributed by atoms with Gasteiger partial charge in [-0.1, -0.05) is 177 Å². The van der Waals surface area contributed by atoms with Crippen LogP contribution in [0.5, 0.6) is 5.75 Å². The number of unbranched alkanes of at least 4 members (excludes halogenated alkanes) is 1. The predicted molar refractivity (Wildman–Crippen MR) is 401 cm³/mol. The number of halogens is 1. The van der Waals surface area contributed by atoms with Crippen LogP contribution < -0.4 is 58.7 Å². The molecule has 24 nitrogen and oxygen atoms in total. The van der Waals surface area contributed by atoms with E-state index < -0.39 is 115 Å². The third-order valence-electron chi connectivity index (χ3n) is 16.8. The Morgan fingerprint density at radius 1 is 0.548 bits per heavy atom. The third kappa shape index (κ3) is 28.7. The Labute approximate surface area is 620 Å². The molecule has 1 heterocycles. The summed E-state index contributed by atoms with van der Waals surface area (Å²) in [4.78, 5) is 154. The number of hydrogen-bond acceptors (Lipinski definition) is 15. The maximum absolute atomic E-state index is 15.0. The number of hydrogen-bond donors (Lipinski definition) is 10. The molecule has 0 bridgehead atoms. The summed E-state index contributed by atoms with van der Waals surface area (Å²) in [5.74, 6) is -5.87. The molecule has 7 rings (SSSR count). The van der Waals surface area contributed by atoms with Crippen LogP contribution >= 0.6 is 35.1 Å². The lowest BCUT2D eigenvalue weighted by Crippen LogP contribution is -2.61. The van der Waals surface area contributed by atoms with E-state index in [1.807, 2.05) is 91.9 Å². The number of aryl methyl sites for hydroxylation is 1. The predicted octanol–water partition coefficient (Wildman–Crippen LogP) is 6.79. The van der Waals surface area contributed by atoms with Gasteiger partial charge in [0, 0.05) is 65.9 Å². The first-order chi connectivity index (χ1) is 50.1. The number of benzene rings is 6. The van der Waals surface area contributed by atoms with Crippen molar-refractivity contribution in [1.82, 2.24) is 47.4 Å². The van der Waals surface area contributed by atoms with Gasteiger partial charge < -0.3 is 68.4 Å². The van der Waals surface area contributed by atoms with Gasteiger partial charge in [0.1, 0.15) is 61.3 Å². The lowest BCUT2D eigenvalue weighted by atomic mass is 9.99. The highest BCUT2D eigenvalue weighted by molar-refractivity contribution is 7.98. The number of likely N-dealkylation sites (tertiary alicyclic amines) is 1. The largest absolute Gasteiger partial charge is 0.489 e. The minimum Gasteiger partial charge on any atom is -0.489 e. The zero-order valence-electron chi connectivity index (χ0n) is 58.7. The number of alkyl carbamates (subject to hydrolysis) is 1. The Balaban J connectivity index is 1.05. The van der Waals surface area contributed by atoms with Crippen LogP contribution in [-0.4, -0.2) is 143 Å². The van der Waals surface area contributed by atoms with Gasteiger partial charge in [0.2, 0.25) is 59.1 Å². The highest BCUT2D eigenvalue weighted by atomic mass is 35.5. The summed E-state index contributed by atoms with van der Waals surface area (Å²) >= 11 is 9.05. The van der Waals surface area contributed by atoms with E-state index in [0.717, 1.165) is 22.3 Å². The van der Waals surface area contributed by atoms with Gasteiger partial charge in [0.25, 0.3) is 0 Å². The topological polar surface area (TPSA) is 358 Å². The quantitative estimate of drug-likeness (QED) is 0.0176. The highest BCUT2D eigenvalue weighted by Gasteiger charge is 2.41. The van der Waals surface area contributed by atoms with E-state index in [0.29, 0.717) is 70.6 Å². The number of nitrogens with two attached hydrogens (primary N) is 2. The number of thioether (sulfide) groups is 2. The van der Waals surface area contributed by atoms with Crippen molar-refractivity contribution in [2.75, 3.05) is 31.1 Å². The smallest absolute Gasteiger partial charge is 0.407 e. The SMILES string of the molecule is Cc1ccc(CSCCC(=O)N[C@@H](Cc2ccc(OCc3ccccc3)cc2)C(=O)N[C@@H](Cc2ccccc2)C(=O)N[C@@H](CC(C)C)C(=O)N[C@@H](CC(N)=O)C(=O)N[C@@H](CSCc2ccccc2)C(=O)N2CCC[C@H]2C(=O)N[C@@H](CCCCNC(=O)OCc2ccccc2Cl)C(=O)NCC(N)=O)cc1. The lowest BCUT2D eigenvalue weighted by molar-refractivity contribution is -0.142. The van der Waals surface area contributed by atoms with Crippen LogP contribution in [0, 0.1) is 12.8 Å². The molecule has 0 aromatic heterocycles. The van der Waals surface area contributed by atoms with Crippen LogP contribution in [0.1, 0.15) is 104 Å². The summed E-state index contributed by atoms with van der Waals surface area (Å²) in [5.41, 5.74) is 17.2. The van der Waals surface area contributed by atoms with Gasteiger partial charge >= 0.3 is 6.09 Å². The Morgan fingerprint density at radius 2 is 1.10 bits per heavy atom. The minimum atomic E-state index is -1.71. The Bertz CT molecular complexity index is 3810. The number of ether oxygens (including phenoxy) is 2.